The molecule has 0 saturated carbocycles. The zero-order valence-corrected chi connectivity index (χ0v) is 22.9. The number of nitrogens with zero attached hydrogens (tertiary/aromatic N) is 2. The highest BCUT2D eigenvalue weighted by molar-refractivity contribution is 6.08. The number of fused-ring (bicyclic) bond motifs is 18. The van der Waals surface area contributed by atoms with Gasteiger partial charge in [-0.25, -0.2) is 9.97 Å². The summed E-state index contributed by atoms with van der Waals surface area (Å²) in [5.41, 5.74) is 16.0. The first-order chi connectivity index (χ1) is 20.8. The molecule has 3 aromatic heterocycles. The van der Waals surface area contributed by atoms with Crippen LogP contribution in [-0.2, 0) is 0 Å². The van der Waals surface area contributed by atoms with Crippen molar-refractivity contribution in [3.8, 4) is 45.0 Å². The fourth-order valence-corrected chi connectivity index (χ4v) is 7.70. The van der Waals surface area contributed by atoms with E-state index in [-0.39, 0.29) is 0 Å². The van der Waals surface area contributed by atoms with Crippen LogP contribution in [0, 0.1) is 0 Å². The van der Waals surface area contributed by atoms with Crippen LogP contribution in [0.25, 0.3) is 77.9 Å². The second-order valence-electron chi connectivity index (χ2n) is 11.9. The van der Waals surface area contributed by atoms with Gasteiger partial charge in [-0.3, -0.25) is 0 Å². The maximum Gasteiger partial charge on any atom is 0.0737 e. The predicted octanol–water partition coefficient (Wildman–Crippen LogP) is 9.67. The summed E-state index contributed by atoms with van der Waals surface area (Å²) in [6.45, 7) is 0. The van der Waals surface area contributed by atoms with Crippen molar-refractivity contribution in [1.82, 2.24) is 19.9 Å². The fourth-order valence-electron chi connectivity index (χ4n) is 7.70. The minimum absolute atomic E-state index is 0.431. The molecule has 0 spiro atoms. The molecule has 10 bridgehead atoms. The van der Waals surface area contributed by atoms with E-state index < -0.39 is 0 Å². The van der Waals surface area contributed by atoms with Crippen LogP contribution in [-0.4, -0.2) is 19.9 Å². The fraction of sp³-hybridized carbons (Fsp3) is 0.105. The Morgan fingerprint density at radius 2 is 0.810 bits per heavy atom. The number of nitrogens with one attached hydrogen (secondary N) is 2. The second-order valence-corrected chi connectivity index (χ2v) is 11.9. The Balaban J connectivity index is 1.41. The van der Waals surface area contributed by atoms with Gasteiger partial charge in [0.15, 0.2) is 0 Å². The molecule has 0 unspecified atom stereocenters. The molecule has 2 N–H and O–H groups in total. The lowest BCUT2D eigenvalue weighted by Gasteiger charge is -2.31. The zero-order chi connectivity index (χ0) is 27.4. The van der Waals surface area contributed by atoms with E-state index in [1.165, 1.54) is 68.0 Å². The number of aromatic nitrogens is 4. The molecule has 11 rings (SSSR count). The molecule has 42 heavy (non-hydrogen) atoms. The SMILES string of the molecule is C1=C[C@H]2CC[C@@H]1c1c2c2cc3nc(cc4[nH]c(cc5nc(cc1[nH]2)-c1ccccc1-5)c1ccccc41)-c1ccccc1-3. The van der Waals surface area contributed by atoms with E-state index in [0.717, 1.165) is 33.8 Å². The van der Waals surface area contributed by atoms with E-state index in [0.29, 0.717) is 11.8 Å². The van der Waals surface area contributed by atoms with Gasteiger partial charge in [-0.05, 0) is 48.2 Å². The van der Waals surface area contributed by atoms with Crippen molar-refractivity contribution in [1.29, 1.82) is 0 Å². The van der Waals surface area contributed by atoms with Gasteiger partial charge in [0, 0.05) is 66.9 Å². The Kier molecular flexibility index (Phi) is 4.37. The van der Waals surface area contributed by atoms with Gasteiger partial charge in [-0.1, -0.05) is 84.9 Å². The predicted molar refractivity (Wildman–Crippen MR) is 171 cm³/mol. The van der Waals surface area contributed by atoms with Crippen molar-refractivity contribution in [2.75, 3.05) is 0 Å². The highest BCUT2D eigenvalue weighted by Crippen LogP contribution is 2.50. The summed E-state index contributed by atoms with van der Waals surface area (Å²) >= 11 is 0. The summed E-state index contributed by atoms with van der Waals surface area (Å²) in [7, 11) is 0. The van der Waals surface area contributed by atoms with E-state index in [4.69, 9.17) is 9.97 Å². The van der Waals surface area contributed by atoms with Crippen LogP contribution in [0.15, 0.2) is 109 Å². The van der Waals surface area contributed by atoms with Crippen molar-refractivity contribution >= 4 is 32.8 Å². The molecule has 198 valence electrons. The molecule has 0 amide bonds. The number of allylic oxidation sites excluding steroid dienone is 2. The van der Waals surface area contributed by atoms with Crippen molar-refractivity contribution in [2.45, 2.75) is 24.7 Å². The number of hydrogen-bond acceptors (Lipinski definition) is 2. The minimum atomic E-state index is 0.431. The van der Waals surface area contributed by atoms with Crippen LogP contribution in [0.5, 0.6) is 0 Å². The topological polar surface area (TPSA) is 57.4 Å². The average molecular weight is 539 g/mol. The smallest absolute Gasteiger partial charge is 0.0737 e. The molecule has 4 nitrogen and oxygen atoms in total. The van der Waals surface area contributed by atoms with Crippen LogP contribution in [0.1, 0.15) is 35.8 Å². The van der Waals surface area contributed by atoms with Crippen LogP contribution < -0.4 is 0 Å². The summed E-state index contributed by atoms with van der Waals surface area (Å²) in [6, 6.07) is 34.8. The van der Waals surface area contributed by atoms with Gasteiger partial charge in [0.1, 0.15) is 0 Å². The van der Waals surface area contributed by atoms with Crippen molar-refractivity contribution in [3.63, 3.8) is 0 Å². The molecule has 6 aromatic rings. The third-order valence-electron chi connectivity index (χ3n) is 9.59. The van der Waals surface area contributed by atoms with E-state index in [1.807, 2.05) is 0 Å². The lowest BCUT2D eigenvalue weighted by atomic mass is 9.72. The van der Waals surface area contributed by atoms with E-state index >= 15 is 0 Å². The van der Waals surface area contributed by atoms with Gasteiger partial charge in [0.05, 0.1) is 22.8 Å². The normalized spacial score (nSPS) is 17.7. The summed E-state index contributed by atoms with van der Waals surface area (Å²) in [6.07, 6.45) is 7.22. The maximum absolute atomic E-state index is 5.26. The molecule has 2 aliphatic heterocycles. The van der Waals surface area contributed by atoms with Gasteiger partial charge in [-0.15, -0.1) is 0 Å². The van der Waals surface area contributed by atoms with Gasteiger partial charge in [0.2, 0.25) is 0 Å². The summed E-state index contributed by atoms with van der Waals surface area (Å²) in [4.78, 5) is 18.1. The molecule has 0 fully saturated rings. The van der Waals surface area contributed by atoms with Crippen molar-refractivity contribution in [2.24, 2.45) is 0 Å². The molecule has 0 saturated heterocycles. The minimum Gasteiger partial charge on any atom is -0.355 e. The number of rotatable bonds is 0. The summed E-state index contributed by atoms with van der Waals surface area (Å²) in [5.74, 6) is 0.862. The number of aromatic amines is 2. The van der Waals surface area contributed by atoms with Crippen LogP contribution in [0.3, 0.4) is 0 Å². The Hall–Kier alpha value is -5.22. The standard InChI is InChI=1S/C38H26N4/c1-2-8-24-23(7-1)29-17-31-25-9-3-5-11-27(25)33(40-31)19-35-37-21-13-15-22(16-14-21)38(37)36(42-35)20-34-28-12-6-4-10-26(28)32(41-34)18-30(24)39-29/h1-13,15,17-22,39,42H,14,16H2/t21-,22+. The van der Waals surface area contributed by atoms with E-state index in [1.54, 1.807) is 0 Å². The van der Waals surface area contributed by atoms with Gasteiger partial charge in [0.25, 0.3) is 0 Å². The van der Waals surface area contributed by atoms with E-state index in [2.05, 4.69) is 119 Å². The lowest BCUT2D eigenvalue weighted by molar-refractivity contribution is 0.562. The van der Waals surface area contributed by atoms with Gasteiger partial charge >= 0.3 is 0 Å². The molecule has 3 aliphatic carbocycles. The second kappa shape index (κ2) is 8.17. The van der Waals surface area contributed by atoms with Crippen molar-refractivity contribution in [3.05, 3.63) is 120 Å². The first kappa shape index (κ1) is 22.5. The summed E-state index contributed by atoms with van der Waals surface area (Å²) in [5, 5.41) is 2.36. The third kappa shape index (κ3) is 3.07. The van der Waals surface area contributed by atoms with E-state index in [9.17, 15) is 0 Å². The number of H-pyrrole nitrogens is 2. The highest BCUT2D eigenvalue weighted by atomic mass is 14.8. The Morgan fingerprint density at radius 3 is 1.21 bits per heavy atom. The van der Waals surface area contributed by atoms with Crippen molar-refractivity contribution < 1.29 is 0 Å². The number of hydrogen-bond donors (Lipinski definition) is 2. The largest absolute Gasteiger partial charge is 0.355 e. The lowest BCUT2D eigenvalue weighted by Crippen LogP contribution is -2.15. The molecular formula is C38H26N4. The number of benzene rings is 3. The maximum atomic E-state index is 5.26. The van der Waals surface area contributed by atoms with Gasteiger partial charge in [-0.2, -0.15) is 0 Å². The third-order valence-corrected chi connectivity index (χ3v) is 9.59. The Bertz CT molecular complexity index is 2170. The molecule has 5 aliphatic rings. The molecule has 4 heteroatoms. The van der Waals surface area contributed by atoms with Crippen LogP contribution >= 0.6 is 0 Å². The first-order valence-electron chi connectivity index (χ1n) is 14.8. The molecular weight excluding hydrogens is 512 g/mol. The first-order valence-corrected chi connectivity index (χ1v) is 14.8. The Morgan fingerprint density at radius 1 is 0.452 bits per heavy atom. The average Bonchev–Trinajstić information content (AvgIpc) is 3.78. The Labute approximate surface area is 242 Å². The molecule has 5 heterocycles. The van der Waals surface area contributed by atoms with Gasteiger partial charge < -0.3 is 9.97 Å². The molecule has 3 aromatic carbocycles. The summed E-state index contributed by atoms with van der Waals surface area (Å²) < 4.78 is 0. The van der Waals surface area contributed by atoms with Crippen LogP contribution in [0.4, 0.5) is 0 Å². The zero-order valence-electron chi connectivity index (χ0n) is 22.9. The molecule has 0 radical (unpaired) electrons. The highest BCUT2D eigenvalue weighted by Gasteiger charge is 2.33. The monoisotopic (exact) mass is 538 g/mol. The quantitative estimate of drug-likeness (QED) is 0.189. The van der Waals surface area contributed by atoms with Crippen LogP contribution in [0.2, 0.25) is 0 Å². The molecule has 2 atom stereocenters.